The number of amides is 1. The maximum atomic E-state index is 12.9. The first kappa shape index (κ1) is 20.3. The van der Waals surface area contributed by atoms with Crippen LogP contribution in [0.5, 0.6) is 5.75 Å². The van der Waals surface area contributed by atoms with E-state index in [9.17, 15) is 9.59 Å². The second-order valence-electron chi connectivity index (χ2n) is 8.47. The molecule has 3 aliphatic rings. The van der Waals surface area contributed by atoms with E-state index >= 15 is 0 Å². The summed E-state index contributed by atoms with van der Waals surface area (Å²) >= 11 is 0. The standard InChI is InChI=1S/C22H32N4O3/c1-16(27)17-5-4-8-20(13-17)29-15-18-14-21(24-23-18)22(28)26-11-9-25(10-12-26)19-6-2-3-7-19/h4-5,8,13,18-19,21,23-24H,2-3,6-7,9-12,14-15H2,1H3. The Morgan fingerprint density at radius 3 is 2.59 bits per heavy atom. The fraction of sp³-hybridized carbons (Fsp3) is 0.636. The minimum absolute atomic E-state index is 0.0230. The first-order chi connectivity index (χ1) is 14.1. The van der Waals surface area contributed by atoms with Crippen molar-refractivity contribution in [3.8, 4) is 5.75 Å². The van der Waals surface area contributed by atoms with E-state index in [4.69, 9.17) is 4.74 Å². The number of nitrogens with one attached hydrogen (secondary N) is 2. The van der Waals surface area contributed by atoms with E-state index in [0.29, 0.717) is 24.3 Å². The molecular formula is C22H32N4O3. The molecule has 7 nitrogen and oxygen atoms in total. The van der Waals surface area contributed by atoms with Gasteiger partial charge >= 0.3 is 0 Å². The average molecular weight is 401 g/mol. The smallest absolute Gasteiger partial charge is 0.241 e. The third kappa shape index (κ3) is 4.97. The third-order valence-corrected chi connectivity index (χ3v) is 6.44. The van der Waals surface area contributed by atoms with Crippen molar-refractivity contribution in [1.82, 2.24) is 20.7 Å². The van der Waals surface area contributed by atoms with Crippen LogP contribution in [0.2, 0.25) is 0 Å². The summed E-state index contributed by atoms with van der Waals surface area (Å²) in [6.07, 6.45) is 6.04. The second-order valence-corrected chi connectivity index (χ2v) is 8.47. The SMILES string of the molecule is CC(=O)c1cccc(OCC2CC(C(=O)N3CCN(C4CCCC4)CC3)NN2)c1. The first-order valence-corrected chi connectivity index (χ1v) is 10.9. The van der Waals surface area contributed by atoms with Crippen molar-refractivity contribution in [2.24, 2.45) is 0 Å². The van der Waals surface area contributed by atoms with Crippen molar-refractivity contribution in [3.05, 3.63) is 29.8 Å². The van der Waals surface area contributed by atoms with Gasteiger partial charge in [-0.25, -0.2) is 5.43 Å². The van der Waals surface area contributed by atoms with Crippen LogP contribution in [0.15, 0.2) is 24.3 Å². The van der Waals surface area contributed by atoms with Gasteiger partial charge in [0, 0.05) is 37.8 Å². The summed E-state index contributed by atoms with van der Waals surface area (Å²) in [6, 6.07) is 7.81. The molecule has 29 heavy (non-hydrogen) atoms. The average Bonchev–Trinajstić information content (AvgIpc) is 3.44. The minimum Gasteiger partial charge on any atom is -0.492 e. The van der Waals surface area contributed by atoms with Crippen LogP contribution in [0.25, 0.3) is 0 Å². The van der Waals surface area contributed by atoms with E-state index in [-0.39, 0.29) is 23.8 Å². The Morgan fingerprint density at radius 2 is 1.86 bits per heavy atom. The van der Waals surface area contributed by atoms with Crippen molar-refractivity contribution >= 4 is 11.7 Å². The summed E-state index contributed by atoms with van der Waals surface area (Å²) in [5.41, 5.74) is 6.98. The molecule has 0 radical (unpaired) electrons. The first-order valence-electron chi connectivity index (χ1n) is 10.9. The Morgan fingerprint density at radius 1 is 1.10 bits per heavy atom. The van der Waals surface area contributed by atoms with Gasteiger partial charge in [0.05, 0.1) is 6.04 Å². The molecule has 158 valence electrons. The quantitative estimate of drug-likeness (QED) is 0.707. The number of rotatable bonds is 6. The van der Waals surface area contributed by atoms with E-state index in [1.54, 1.807) is 19.1 Å². The highest BCUT2D eigenvalue weighted by Gasteiger charge is 2.35. The second kappa shape index (κ2) is 9.24. The highest BCUT2D eigenvalue weighted by atomic mass is 16.5. The molecule has 1 amide bonds. The zero-order valence-corrected chi connectivity index (χ0v) is 17.2. The number of hydrogen-bond donors (Lipinski definition) is 2. The number of piperazine rings is 1. The van der Waals surface area contributed by atoms with Crippen LogP contribution >= 0.6 is 0 Å². The molecule has 2 N–H and O–H groups in total. The summed E-state index contributed by atoms with van der Waals surface area (Å²) < 4.78 is 5.84. The summed E-state index contributed by atoms with van der Waals surface area (Å²) in [7, 11) is 0. The lowest BCUT2D eigenvalue weighted by molar-refractivity contribution is -0.135. The number of hydrogen-bond acceptors (Lipinski definition) is 6. The molecule has 2 saturated heterocycles. The van der Waals surface area contributed by atoms with Crippen LogP contribution in [0, 0.1) is 0 Å². The molecule has 2 atom stereocenters. The molecule has 3 fully saturated rings. The number of hydrazine groups is 1. The molecule has 2 heterocycles. The lowest BCUT2D eigenvalue weighted by Gasteiger charge is -2.38. The molecule has 1 aromatic rings. The van der Waals surface area contributed by atoms with Gasteiger partial charge in [-0.05, 0) is 38.3 Å². The van der Waals surface area contributed by atoms with Gasteiger partial charge in [0.2, 0.25) is 5.91 Å². The Balaban J connectivity index is 1.22. The van der Waals surface area contributed by atoms with Crippen LogP contribution in [-0.2, 0) is 4.79 Å². The topological polar surface area (TPSA) is 73.9 Å². The van der Waals surface area contributed by atoms with Crippen molar-refractivity contribution in [2.75, 3.05) is 32.8 Å². The molecule has 1 aliphatic carbocycles. The number of Topliss-reactive ketones (excluding diaryl/α,β-unsaturated/α-hetero) is 1. The Bertz CT molecular complexity index is 727. The third-order valence-electron chi connectivity index (χ3n) is 6.44. The maximum absolute atomic E-state index is 12.9. The van der Waals surface area contributed by atoms with Crippen LogP contribution in [-0.4, -0.2) is 72.4 Å². The van der Waals surface area contributed by atoms with Gasteiger partial charge in [-0.15, -0.1) is 0 Å². The highest BCUT2D eigenvalue weighted by molar-refractivity contribution is 5.94. The van der Waals surface area contributed by atoms with Crippen molar-refractivity contribution in [2.45, 2.75) is 57.2 Å². The van der Waals surface area contributed by atoms with Gasteiger partial charge in [-0.1, -0.05) is 25.0 Å². The number of carbonyl (C=O) groups is 2. The predicted octanol–water partition coefficient (Wildman–Crippen LogP) is 1.59. The molecule has 2 aliphatic heterocycles. The van der Waals surface area contributed by atoms with Crippen molar-refractivity contribution in [1.29, 1.82) is 0 Å². The molecule has 0 aromatic heterocycles. The van der Waals surface area contributed by atoms with Crippen LogP contribution in [0.3, 0.4) is 0 Å². The predicted molar refractivity (Wildman–Crippen MR) is 111 cm³/mol. The summed E-state index contributed by atoms with van der Waals surface area (Å²) in [5.74, 6) is 0.886. The number of benzene rings is 1. The molecular weight excluding hydrogens is 368 g/mol. The molecule has 4 rings (SSSR count). The minimum atomic E-state index is -0.204. The molecule has 2 unspecified atom stereocenters. The fourth-order valence-electron chi connectivity index (χ4n) is 4.69. The van der Waals surface area contributed by atoms with E-state index in [0.717, 1.165) is 32.2 Å². The normalized spacial score (nSPS) is 26.0. The van der Waals surface area contributed by atoms with E-state index in [1.807, 2.05) is 17.0 Å². The van der Waals surface area contributed by atoms with Gasteiger partial charge in [-0.2, -0.15) is 0 Å². The summed E-state index contributed by atoms with van der Waals surface area (Å²) in [6.45, 7) is 5.64. The Kier molecular flexibility index (Phi) is 6.47. The van der Waals surface area contributed by atoms with Crippen LogP contribution < -0.4 is 15.6 Å². The number of ether oxygens (including phenoxy) is 1. The Labute approximate surface area is 172 Å². The van der Waals surface area contributed by atoms with Crippen molar-refractivity contribution in [3.63, 3.8) is 0 Å². The molecule has 0 bridgehead atoms. The lowest BCUT2D eigenvalue weighted by Crippen LogP contribution is -2.55. The van der Waals surface area contributed by atoms with Gasteiger partial charge in [0.25, 0.3) is 0 Å². The molecule has 7 heteroatoms. The zero-order valence-electron chi connectivity index (χ0n) is 17.2. The van der Waals surface area contributed by atoms with Crippen molar-refractivity contribution < 1.29 is 14.3 Å². The monoisotopic (exact) mass is 400 g/mol. The van der Waals surface area contributed by atoms with E-state index < -0.39 is 0 Å². The van der Waals surface area contributed by atoms with Crippen LogP contribution in [0.4, 0.5) is 0 Å². The van der Waals surface area contributed by atoms with Gasteiger partial charge < -0.3 is 9.64 Å². The van der Waals surface area contributed by atoms with E-state index in [2.05, 4.69) is 15.8 Å². The number of nitrogens with zero attached hydrogens (tertiary/aromatic N) is 2. The van der Waals surface area contributed by atoms with E-state index in [1.165, 1.54) is 25.7 Å². The number of ketones is 1. The Hall–Kier alpha value is -1.96. The highest BCUT2D eigenvalue weighted by Crippen LogP contribution is 2.24. The lowest BCUT2D eigenvalue weighted by atomic mass is 10.1. The van der Waals surface area contributed by atoms with Crippen LogP contribution in [0.1, 0.15) is 49.4 Å². The molecule has 1 saturated carbocycles. The molecule has 1 aromatic carbocycles. The number of carbonyl (C=O) groups excluding carboxylic acids is 2. The maximum Gasteiger partial charge on any atom is 0.241 e. The van der Waals surface area contributed by atoms with Gasteiger partial charge in [0.1, 0.15) is 18.4 Å². The summed E-state index contributed by atoms with van der Waals surface area (Å²) in [4.78, 5) is 29.0. The molecule has 0 spiro atoms. The summed E-state index contributed by atoms with van der Waals surface area (Å²) in [5, 5.41) is 0. The largest absolute Gasteiger partial charge is 0.492 e. The zero-order chi connectivity index (χ0) is 20.2. The van der Waals surface area contributed by atoms with Gasteiger partial charge in [0.15, 0.2) is 5.78 Å². The fourth-order valence-corrected chi connectivity index (χ4v) is 4.69. The van der Waals surface area contributed by atoms with Gasteiger partial charge in [-0.3, -0.25) is 19.9 Å².